The van der Waals surface area contributed by atoms with Gasteiger partial charge in [-0.25, -0.2) is 0 Å². The number of unbranched alkanes of at least 4 members (excludes halogenated alkanes) is 1. The molecule has 4 heteroatoms. The Labute approximate surface area is 128 Å². The number of nitrogens with one attached hydrogen (secondary N) is 1. The molecule has 0 atom stereocenters. The molecule has 0 heterocycles. The second-order valence-corrected chi connectivity index (χ2v) is 4.77. The van der Waals surface area contributed by atoms with Crippen LogP contribution in [-0.2, 0) is 11.3 Å². The molecule has 0 fully saturated rings. The number of ether oxygens (including phenoxy) is 3. The molecule has 0 saturated heterocycles. The molecule has 0 unspecified atom stereocenters. The van der Waals surface area contributed by atoms with Crippen molar-refractivity contribution in [3.63, 3.8) is 0 Å². The molecule has 0 amide bonds. The van der Waals surface area contributed by atoms with Crippen molar-refractivity contribution in [2.75, 3.05) is 33.0 Å². The molecule has 1 aromatic carbocycles. The summed E-state index contributed by atoms with van der Waals surface area (Å²) < 4.78 is 17.1. The standard InChI is InChI=1S/C17H29NO3/c1-4-7-11-19-12-13-21-17-15(14-18-5-2)9-8-10-16(17)20-6-3/h8-10,18H,4-7,11-14H2,1-3H3. The fourth-order valence-corrected chi connectivity index (χ4v) is 1.94. The van der Waals surface area contributed by atoms with Gasteiger partial charge in [-0.2, -0.15) is 0 Å². The third kappa shape index (κ3) is 6.82. The molecule has 0 aliphatic carbocycles. The van der Waals surface area contributed by atoms with Crippen molar-refractivity contribution in [3.05, 3.63) is 23.8 Å². The maximum absolute atomic E-state index is 5.91. The molecule has 21 heavy (non-hydrogen) atoms. The molecule has 0 radical (unpaired) electrons. The van der Waals surface area contributed by atoms with Gasteiger partial charge in [0, 0.05) is 18.7 Å². The lowest BCUT2D eigenvalue weighted by molar-refractivity contribution is 0.0963. The first kappa shape index (κ1) is 17.8. The van der Waals surface area contributed by atoms with Crippen molar-refractivity contribution in [1.29, 1.82) is 0 Å². The van der Waals surface area contributed by atoms with Crippen molar-refractivity contribution in [2.24, 2.45) is 0 Å². The molecular formula is C17H29NO3. The van der Waals surface area contributed by atoms with E-state index >= 15 is 0 Å². The Hall–Kier alpha value is -1.26. The van der Waals surface area contributed by atoms with Gasteiger partial charge >= 0.3 is 0 Å². The van der Waals surface area contributed by atoms with E-state index in [0.29, 0.717) is 19.8 Å². The Bertz CT molecular complexity index is 382. The zero-order valence-electron chi connectivity index (χ0n) is 13.6. The highest BCUT2D eigenvalue weighted by molar-refractivity contribution is 5.46. The van der Waals surface area contributed by atoms with Gasteiger partial charge in [-0.05, 0) is 26.0 Å². The third-order valence-corrected chi connectivity index (χ3v) is 3.04. The minimum Gasteiger partial charge on any atom is -0.490 e. The zero-order chi connectivity index (χ0) is 15.3. The van der Waals surface area contributed by atoms with Crippen LogP contribution in [0.4, 0.5) is 0 Å². The topological polar surface area (TPSA) is 39.7 Å². The lowest BCUT2D eigenvalue weighted by Gasteiger charge is -2.16. The molecule has 120 valence electrons. The lowest BCUT2D eigenvalue weighted by Crippen LogP contribution is -2.15. The van der Waals surface area contributed by atoms with Crippen LogP contribution in [0.2, 0.25) is 0 Å². The van der Waals surface area contributed by atoms with Crippen LogP contribution in [0.15, 0.2) is 18.2 Å². The highest BCUT2D eigenvalue weighted by atomic mass is 16.5. The van der Waals surface area contributed by atoms with Crippen molar-refractivity contribution >= 4 is 0 Å². The second-order valence-electron chi connectivity index (χ2n) is 4.77. The largest absolute Gasteiger partial charge is 0.490 e. The van der Waals surface area contributed by atoms with E-state index in [2.05, 4.69) is 25.2 Å². The lowest BCUT2D eigenvalue weighted by atomic mass is 10.2. The van der Waals surface area contributed by atoms with E-state index in [9.17, 15) is 0 Å². The van der Waals surface area contributed by atoms with Crippen LogP contribution in [0.5, 0.6) is 11.5 Å². The minimum atomic E-state index is 0.549. The van der Waals surface area contributed by atoms with Crippen LogP contribution in [0, 0.1) is 0 Å². The van der Waals surface area contributed by atoms with Crippen LogP contribution >= 0.6 is 0 Å². The van der Waals surface area contributed by atoms with Gasteiger partial charge in [-0.15, -0.1) is 0 Å². The monoisotopic (exact) mass is 295 g/mol. The average molecular weight is 295 g/mol. The van der Waals surface area contributed by atoms with E-state index in [1.165, 1.54) is 0 Å². The Kier molecular flexibility index (Phi) is 9.66. The fraction of sp³-hybridized carbons (Fsp3) is 0.647. The summed E-state index contributed by atoms with van der Waals surface area (Å²) in [5.74, 6) is 1.64. The second kappa shape index (κ2) is 11.4. The van der Waals surface area contributed by atoms with Crippen LogP contribution in [0.25, 0.3) is 0 Å². The van der Waals surface area contributed by atoms with Crippen LogP contribution < -0.4 is 14.8 Å². The zero-order valence-corrected chi connectivity index (χ0v) is 13.6. The van der Waals surface area contributed by atoms with Crippen LogP contribution in [-0.4, -0.2) is 33.0 Å². The van der Waals surface area contributed by atoms with Crippen molar-refractivity contribution in [3.8, 4) is 11.5 Å². The summed E-state index contributed by atoms with van der Waals surface area (Å²) in [6.45, 7) is 10.5. The Morgan fingerprint density at radius 3 is 2.57 bits per heavy atom. The van der Waals surface area contributed by atoms with Gasteiger partial charge in [0.2, 0.25) is 0 Å². The summed E-state index contributed by atoms with van der Waals surface area (Å²) in [4.78, 5) is 0. The summed E-state index contributed by atoms with van der Waals surface area (Å²) in [6, 6.07) is 6.02. The Morgan fingerprint density at radius 2 is 1.86 bits per heavy atom. The third-order valence-electron chi connectivity index (χ3n) is 3.04. The normalized spacial score (nSPS) is 10.6. The summed E-state index contributed by atoms with van der Waals surface area (Å²) in [5.41, 5.74) is 1.12. The smallest absolute Gasteiger partial charge is 0.165 e. The Balaban J connectivity index is 2.58. The van der Waals surface area contributed by atoms with Gasteiger partial charge in [0.15, 0.2) is 11.5 Å². The van der Waals surface area contributed by atoms with Crippen LogP contribution in [0.1, 0.15) is 39.2 Å². The van der Waals surface area contributed by atoms with E-state index in [-0.39, 0.29) is 0 Å². The van der Waals surface area contributed by atoms with E-state index in [1.54, 1.807) is 0 Å². The molecule has 0 bridgehead atoms. The van der Waals surface area contributed by atoms with E-state index in [1.807, 2.05) is 19.1 Å². The maximum Gasteiger partial charge on any atom is 0.165 e. The predicted octanol–water partition coefficient (Wildman–Crippen LogP) is 3.39. The summed E-state index contributed by atoms with van der Waals surface area (Å²) in [5, 5.41) is 3.33. The number of benzene rings is 1. The summed E-state index contributed by atoms with van der Waals surface area (Å²) >= 11 is 0. The van der Waals surface area contributed by atoms with Gasteiger partial charge in [0.25, 0.3) is 0 Å². The van der Waals surface area contributed by atoms with E-state index in [4.69, 9.17) is 14.2 Å². The Morgan fingerprint density at radius 1 is 1.00 bits per heavy atom. The molecular weight excluding hydrogens is 266 g/mol. The average Bonchev–Trinajstić information content (AvgIpc) is 2.50. The first-order valence-electron chi connectivity index (χ1n) is 7.99. The molecule has 0 aliphatic heterocycles. The summed E-state index contributed by atoms with van der Waals surface area (Å²) in [7, 11) is 0. The molecule has 4 nitrogen and oxygen atoms in total. The number of para-hydroxylation sites is 1. The van der Waals surface area contributed by atoms with Gasteiger partial charge in [0.05, 0.1) is 13.2 Å². The van der Waals surface area contributed by atoms with Crippen molar-refractivity contribution in [2.45, 2.75) is 40.2 Å². The van der Waals surface area contributed by atoms with Gasteiger partial charge in [-0.1, -0.05) is 32.4 Å². The highest BCUT2D eigenvalue weighted by Crippen LogP contribution is 2.31. The molecule has 1 N–H and O–H groups in total. The first-order valence-corrected chi connectivity index (χ1v) is 7.99. The maximum atomic E-state index is 5.91. The first-order chi connectivity index (χ1) is 10.3. The summed E-state index contributed by atoms with van der Waals surface area (Å²) in [6.07, 6.45) is 2.25. The van der Waals surface area contributed by atoms with Gasteiger partial charge < -0.3 is 19.5 Å². The number of hydrogen-bond acceptors (Lipinski definition) is 4. The van der Waals surface area contributed by atoms with Gasteiger partial charge in [-0.3, -0.25) is 0 Å². The van der Waals surface area contributed by atoms with Crippen molar-refractivity contribution < 1.29 is 14.2 Å². The quantitative estimate of drug-likeness (QED) is 0.600. The molecule has 0 saturated carbocycles. The molecule has 1 rings (SSSR count). The SMILES string of the molecule is CCCCOCCOc1c(CNCC)cccc1OCC. The molecule has 0 aromatic heterocycles. The molecule has 1 aromatic rings. The van der Waals surface area contributed by atoms with E-state index < -0.39 is 0 Å². The van der Waals surface area contributed by atoms with E-state index in [0.717, 1.165) is 49.6 Å². The fourth-order valence-electron chi connectivity index (χ4n) is 1.94. The van der Waals surface area contributed by atoms with Gasteiger partial charge in [0.1, 0.15) is 6.61 Å². The van der Waals surface area contributed by atoms with Crippen molar-refractivity contribution in [1.82, 2.24) is 5.32 Å². The number of rotatable bonds is 12. The highest BCUT2D eigenvalue weighted by Gasteiger charge is 2.10. The van der Waals surface area contributed by atoms with Crippen LogP contribution in [0.3, 0.4) is 0 Å². The minimum absolute atomic E-state index is 0.549. The molecule has 0 aliphatic rings. The molecule has 0 spiro atoms. The number of hydrogen-bond donors (Lipinski definition) is 1. The predicted molar refractivity (Wildman–Crippen MR) is 86.2 cm³/mol.